The first kappa shape index (κ1) is 14.7. The number of carbonyl (C=O) groups is 1. The van der Waals surface area contributed by atoms with Gasteiger partial charge in [0.15, 0.2) is 0 Å². The van der Waals surface area contributed by atoms with Gasteiger partial charge in [0.25, 0.3) is 5.91 Å². The lowest BCUT2D eigenvalue weighted by Gasteiger charge is -2.40. The van der Waals surface area contributed by atoms with Crippen LogP contribution >= 0.6 is 0 Å². The molecular weight excluding hydrogens is 250 g/mol. The van der Waals surface area contributed by atoms with E-state index in [4.69, 9.17) is 5.73 Å². The smallest absolute Gasteiger partial charge is 0.251 e. The molecule has 0 spiro atoms. The lowest BCUT2D eigenvalue weighted by Crippen LogP contribution is -2.38. The van der Waals surface area contributed by atoms with Crippen molar-refractivity contribution in [2.75, 3.05) is 30.8 Å². The Hall–Kier alpha value is -1.71. The van der Waals surface area contributed by atoms with Crippen LogP contribution in [0, 0.1) is 5.41 Å². The molecule has 4 nitrogen and oxygen atoms in total. The Kier molecular flexibility index (Phi) is 4.21. The summed E-state index contributed by atoms with van der Waals surface area (Å²) in [7, 11) is 1.63. The van der Waals surface area contributed by atoms with Crippen LogP contribution in [0.2, 0.25) is 0 Å². The molecule has 110 valence electrons. The molecule has 1 aliphatic heterocycles. The van der Waals surface area contributed by atoms with E-state index in [2.05, 4.69) is 24.1 Å². The highest BCUT2D eigenvalue weighted by molar-refractivity contribution is 5.96. The van der Waals surface area contributed by atoms with Crippen molar-refractivity contribution in [1.29, 1.82) is 0 Å². The Morgan fingerprint density at radius 2 is 2.05 bits per heavy atom. The maximum Gasteiger partial charge on any atom is 0.251 e. The van der Waals surface area contributed by atoms with Crippen LogP contribution in [-0.4, -0.2) is 26.0 Å². The minimum Gasteiger partial charge on any atom is -0.397 e. The third-order valence-corrected chi connectivity index (χ3v) is 4.68. The molecule has 1 aromatic carbocycles. The van der Waals surface area contributed by atoms with Crippen LogP contribution in [0.4, 0.5) is 11.4 Å². The van der Waals surface area contributed by atoms with Gasteiger partial charge in [-0.05, 0) is 36.5 Å². The molecule has 0 saturated carbocycles. The maximum absolute atomic E-state index is 11.6. The third-order valence-electron chi connectivity index (χ3n) is 4.68. The van der Waals surface area contributed by atoms with Crippen molar-refractivity contribution in [2.45, 2.75) is 33.1 Å². The number of nitrogens with zero attached hydrogens (tertiary/aromatic N) is 1. The zero-order valence-electron chi connectivity index (χ0n) is 12.7. The predicted octanol–water partition coefficient (Wildman–Crippen LogP) is 2.64. The van der Waals surface area contributed by atoms with Crippen molar-refractivity contribution < 1.29 is 4.79 Å². The summed E-state index contributed by atoms with van der Waals surface area (Å²) in [6, 6.07) is 5.58. The molecule has 2 rings (SSSR count). The van der Waals surface area contributed by atoms with E-state index in [9.17, 15) is 4.79 Å². The second-order valence-electron chi connectivity index (χ2n) is 6.00. The average molecular weight is 275 g/mol. The summed E-state index contributed by atoms with van der Waals surface area (Å²) in [4.78, 5) is 13.9. The molecule has 1 aromatic rings. The Morgan fingerprint density at radius 1 is 1.40 bits per heavy atom. The maximum atomic E-state index is 11.6. The van der Waals surface area contributed by atoms with Gasteiger partial charge < -0.3 is 16.0 Å². The van der Waals surface area contributed by atoms with Crippen molar-refractivity contribution in [3.63, 3.8) is 0 Å². The van der Waals surface area contributed by atoms with E-state index in [0.29, 0.717) is 16.7 Å². The van der Waals surface area contributed by atoms with Crippen LogP contribution in [0.25, 0.3) is 0 Å². The molecule has 1 fully saturated rings. The fourth-order valence-electron chi connectivity index (χ4n) is 2.77. The number of hydrogen-bond acceptors (Lipinski definition) is 3. The second kappa shape index (κ2) is 5.73. The minimum atomic E-state index is -0.0968. The number of amides is 1. The van der Waals surface area contributed by atoms with E-state index in [1.54, 1.807) is 13.1 Å². The zero-order valence-corrected chi connectivity index (χ0v) is 12.7. The molecule has 0 aliphatic carbocycles. The fourth-order valence-corrected chi connectivity index (χ4v) is 2.77. The van der Waals surface area contributed by atoms with Gasteiger partial charge in [-0.15, -0.1) is 0 Å². The fraction of sp³-hybridized carbons (Fsp3) is 0.562. The molecular formula is C16H25N3O. The zero-order chi connectivity index (χ0) is 14.8. The van der Waals surface area contributed by atoms with Crippen molar-refractivity contribution in [3.8, 4) is 0 Å². The minimum absolute atomic E-state index is 0.0968. The molecule has 0 radical (unpaired) electrons. The highest BCUT2D eigenvalue weighted by Crippen LogP contribution is 2.37. The number of piperidine rings is 1. The van der Waals surface area contributed by atoms with Gasteiger partial charge in [0, 0.05) is 25.7 Å². The molecule has 4 heteroatoms. The van der Waals surface area contributed by atoms with Gasteiger partial charge in [-0.3, -0.25) is 4.79 Å². The topological polar surface area (TPSA) is 58.4 Å². The van der Waals surface area contributed by atoms with Crippen molar-refractivity contribution >= 4 is 17.3 Å². The van der Waals surface area contributed by atoms with E-state index in [-0.39, 0.29) is 5.91 Å². The van der Waals surface area contributed by atoms with Crippen LogP contribution in [0.15, 0.2) is 18.2 Å². The first-order valence-corrected chi connectivity index (χ1v) is 7.35. The Labute approximate surface area is 121 Å². The monoisotopic (exact) mass is 275 g/mol. The molecule has 1 saturated heterocycles. The van der Waals surface area contributed by atoms with Crippen LogP contribution in [0.3, 0.4) is 0 Å². The van der Waals surface area contributed by atoms with Gasteiger partial charge in [-0.1, -0.05) is 20.3 Å². The van der Waals surface area contributed by atoms with Crippen LogP contribution in [0.5, 0.6) is 0 Å². The molecule has 0 aromatic heterocycles. The Morgan fingerprint density at radius 3 is 2.55 bits per heavy atom. The van der Waals surface area contributed by atoms with Crippen molar-refractivity contribution in [1.82, 2.24) is 5.32 Å². The number of nitrogen functional groups attached to an aromatic ring is 1. The second-order valence-corrected chi connectivity index (χ2v) is 6.00. The van der Waals surface area contributed by atoms with Crippen LogP contribution in [-0.2, 0) is 0 Å². The molecule has 1 amide bonds. The average Bonchev–Trinajstić information content (AvgIpc) is 2.47. The summed E-state index contributed by atoms with van der Waals surface area (Å²) in [5.41, 5.74) is 8.94. The Balaban J connectivity index is 2.13. The normalized spacial score (nSPS) is 17.9. The van der Waals surface area contributed by atoms with E-state index in [0.717, 1.165) is 18.8 Å². The van der Waals surface area contributed by atoms with Crippen molar-refractivity contribution in [3.05, 3.63) is 23.8 Å². The van der Waals surface area contributed by atoms with Gasteiger partial charge >= 0.3 is 0 Å². The van der Waals surface area contributed by atoms with Crippen LogP contribution in [0.1, 0.15) is 43.5 Å². The number of nitrogens with two attached hydrogens (primary N) is 1. The number of nitrogens with one attached hydrogen (secondary N) is 1. The highest BCUT2D eigenvalue weighted by Gasteiger charge is 2.28. The van der Waals surface area contributed by atoms with E-state index in [1.807, 2.05) is 12.1 Å². The number of carbonyl (C=O) groups excluding carboxylic acids is 1. The molecule has 0 atom stereocenters. The molecule has 20 heavy (non-hydrogen) atoms. The van der Waals surface area contributed by atoms with E-state index in [1.165, 1.54) is 19.3 Å². The van der Waals surface area contributed by atoms with Gasteiger partial charge in [-0.25, -0.2) is 0 Å². The molecule has 3 N–H and O–H groups in total. The lowest BCUT2D eigenvalue weighted by atomic mass is 9.78. The van der Waals surface area contributed by atoms with E-state index < -0.39 is 0 Å². The van der Waals surface area contributed by atoms with Crippen LogP contribution < -0.4 is 16.0 Å². The highest BCUT2D eigenvalue weighted by atomic mass is 16.1. The lowest BCUT2D eigenvalue weighted by molar-refractivity contribution is 0.0963. The molecule has 0 unspecified atom stereocenters. The summed E-state index contributed by atoms with van der Waals surface area (Å²) < 4.78 is 0. The SMILES string of the molecule is CCC1(C)CCN(c2ccc(C(=O)NC)cc2N)CC1. The van der Waals surface area contributed by atoms with Gasteiger partial charge in [-0.2, -0.15) is 0 Å². The number of hydrogen-bond donors (Lipinski definition) is 2. The van der Waals surface area contributed by atoms with Gasteiger partial charge in [0.05, 0.1) is 11.4 Å². The van der Waals surface area contributed by atoms with E-state index >= 15 is 0 Å². The van der Waals surface area contributed by atoms with Crippen molar-refractivity contribution in [2.24, 2.45) is 5.41 Å². The largest absolute Gasteiger partial charge is 0.397 e. The third kappa shape index (κ3) is 2.89. The predicted molar refractivity (Wildman–Crippen MR) is 84.1 cm³/mol. The number of anilines is 2. The summed E-state index contributed by atoms with van der Waals surface area (Å²) in [6.45, 7) is 6.70. The van der Waals surface area contributed by atoms with Gasteiger partial charge in [0.2, 0.25) is 0 Å². The summed E-state index contributed by atoms with van der Waals surface area (Å²) in [5.74, 6) is -0.0968. The number of benzene rings is 1. The Bertz CT molecular complexity index is 490. The number of rotatable bonds is 3. The first-order chi connectivity index (χ1) is 9.49. The van der Waals surface area contributed by atoms with Gasteiger partial charge in [0.1, 0.15) is 0 Å². The molecule has 1 aliphatic rings. The standard InChI is InChI=1S/C16H25N3O/c1-4-16(2)7-9-19(10-8-16)14-6-5-12(11-13(14)17)15(20)18-3/h5-6,11H,4,7-10,17H2,1-3H3,(H,18,20). The summed E-state index contributed by atoms with van der Waals surface area (Å²) in [6.07, 6.45) is 3.62. The summed E-state index contributed by atoms with van der Waals surface area (Å²) >= 11 is 0. The molecule has 0 bridgehead atoms. The quantitative estimate of drug-likeness (QED) is 0.834. The molecule has 1 heterocycles. The summed E-state index contributed by atoms with van der Waals surface area (Å²) in [5, 5.41) is 2.62. The first-order valence-electron chi connectivity index (χ1n) is 7.35.